The highest BCUT2D eigenvalue weighted by Gasteiger charge is 2.35. The lowest BCUT2D eigenvalue weighted by Gasteiger charge is -2.48. The van der Waals surface area contributed by atoms with Gasteiger partial charge in [-0.15, -0.1) is 17.3 Å². The van der Waals surface area contributed by atoms with Crippen molar-refractivity contribution in [3.8, 4) is 11.8 Å². The second kappa shape index (κ2) is 9.48. The van der Waals surface area contributed by atoms with Crippen molar-refractivity contribution in [2.24, 2.45) is 7.05 Å². The third-order valence-corrected chi connectivity index (χ3v) is 8.15. The first-order valence-electron chi connectivity index (χ1n) is 12.2. The maximum Gasteiger partial charge on any atom is 0.252 e. The lowest BCUT2D eigenvalue weighted by molar-refractivity contribution is 0.106. The van der Waals surface area contributed by atoms with Gasteiger partial charge in [0.15, 0.2) is 0 Å². The van der Waals surface area contributed by atoms with Crippen LogP contribution >= 0.6 is 11.3 Å². The summed E-state index contributed by atoms with van der Waals surface area (Å²) in [6.45, 7) is 10.9. The Morgan fingerprint density at radius 2 is 2.09 bits per heavy atom. The lowest BCUT2D eigenvalue weighted by atomic mass is 9.98. The van der Waals surface area contributed by atoms with Gasteiger partial charge in [0.1, 0.15) is 12.1 Å². The van der Waals surface area contributed by atoms with Crippen molar-refractivity contribution >= 4 is 38.3 Å². The number of hydrogen-bond acceptors (Lipinski definition) is 6. The summed E-state index contributed by atoms with van der Waals surface area (Å²) in [6, 6.07) is 9.30. The zero-order chi connectivity index (χ0) is 24.7. The molecule has 1 aromatic carbocycles. The molecule has 1 aliphatic rings. The third kappa shape index (κ3) is 4.24. The Morgan fingerprint density at radius 3 is 2.86 bits per heavy atom. The van der Waals surface area contributed by atoms with Crippen molar-refractivity contribution in [3.63, 3.8) is 0 Å². The fourth-order valence-electron chi connectivity index (χ4n) is 5.26. The molecular weight excluding hydrogens is 456 g/mol. The summed E-state index contributed by atoms with van der Waals surface area (Å²) in [7, 11) is 1.81. The predicted octanol–water partition coefficient (Wildman–Crippen LogP) is 4.42. The Hall–Kier alpha value is -3.15. The van der Waals surface area contributed by atoms with E-state index in [4.69, 9.17) is 5.10 Å². The molecule has 1 fully saturated rings. The number of anilines is 1. The number of aryl methyl sites for hydroxylation is 1. The van der Waals surface area contributed by atoms with Crippen LogP contribution in [-0.2, 0) is 13.6 Å². The molecule has 5 rings (SSSR count). The van der Waals surface area contributed by atoms with E-state index in [9.17, 15) is 4.79 Å². The molecule has 0 spiro atoms. The van der Waals surface area contributed by atoms with Gasteiger partial charge in [0, 0.05) is 44.3 Å². The Labute approximate surface area is 210 Å². The van der Waals surface area contributed by atoms with Crippen molar-refractivity contribution in [1.82, 2.24) is 24.2 Å². The third-order valence-electron chi connectivity index (χ3n) is 7.35. The van der Waals surface area contributed by atoms with Gasteiger partial charge in [-0.2, -0.15) is 5.10 Å². The molecule has 0 amide bonds. The van der Waals surface area contributed by atoms with Gasteiger partial charge < -0.3 is 9.47 Å². The van der Waals surface area contributed by atoms with Crippen LogP contribution in [0.1, 0.15) is 45.7 Å². The first-order chi connectivity index (χ1) is 16.9. The van der Waals surface area contributed by atoms with E-state index >= 15 is 0 Å². The number of benzene rings is 1. The first kappa shape index (κ1) is 23.6. The molecule has 4 heterocycles. The molecule has 3 aromatic heterocycles. The van der Waals surface area contributed by atoms with E-state index in [0.29, 0.717) is 18.6 Å². The van der Waals surface area contributed by atoms with E-state index in [1.807, 2.05) is 30.4 Å². The van der Waals surface area contributed by atoms with Crippen LogP contribution in [0, 0.1) is 11.8 Å². The second-order valence-electron chi connectivity index (χ2n) is 9.43. The maximum absolute atomic E-state index is 12.9. The molecule has 0 aliphatic carbocycles. The summed E-state index contributed by atoms with van der Waals surface area (Å²) < 4.78 is 4.75. The van der Waals surface area contributed by atoms with Gasteiger partial charge in [-0.05, 0) is 44.9 Å². The van der Waals surface area contributed by atoms with Crippen LogP contribution in [0.15, 0.2) is 40.8 Å². The monoisotopic (exact) mass is 488 g/mol. The van der Waals surface area contributed by atoms with Crippen LogP contribution in [-0.4, -0.2) is 49.4 Å². The molecule has 3 atom stereocenters. The van der Waals surface area contributed by atoms with Crippen LogP contribution < -0.4 is 10.5 Å². The molecule has 1 aliphatic heterocycles. The van der Waals surface area contributed by atoms with Crippen LogP contribution in [0.3, 0.4) is 0 Å². The number of hydrogen-bond donors (Lipinski definition) is 0. The van der Waals surface area contributed by atoms with Gasteiger partial charge in [0.2, 0.25) is 0 Å². The zero-order valence-electron chi connectivity index (χ0n) is 21.0. The Bertz CT molecular complexity index is 1490. The quantitative estimate of drug-likeness (QED) is 0.389. The molecule has 4 aromatic rings. The fourth-order valence-corrected chi connectivity index (χ4v) is 5.99. The molecule has 0 N–H and O–H groups in total. The fraction of sp³-hybridized carbons (Fsp3) is 0.444. The molecule has 35 heavy (non-hydrogen) atoms. The minimum atomic E-state index is -0.0115. The second-order valence-corrected chi connectivity index (χ2v) is 10.3. The van der Waals surface area contributed by atoms with Gasteiger partial charge in [-0.25, -0.2) is 4.98 Å². The first-order valence-corrected chi connectivity index (χ1v) is 13.1. The minimum absolute atomic E-state index is 0.0115. The minimum Gasteiger partial charge on any atom is -0.364 e. The molecule has 1 saturated heterocycles. The Morgan fingerprint density at radius 1 is 1.26 bits per heavy atom. The maximum atomic E-state index is 12.9. The van der Waals surface area contributed by atoms with Crippen molar-refractivity contribution in [2.75, 3.05) is 18.0 Å². The Kier molecular flexibility index (Phi) is 6.39. The topological polar surface area (TPSA) is 59.2 Å². The largest absolute Gasteiger partial charge is 0.364 e. The molecule has 7 nitrogen and oxygen atoms in total. The summed E-state index contributed by atoms with van der Waals surface area (Å²) in [6.07, 6.45) is 2.96. The summed E-state index contributed by atoms with van der Waals surface area (Å²) in [5, 5.41) is 4.83. The normalized spacial score (nSPS) is 19.7. The number of thiazole rings is 1. The summed E-state index contributed by atoms with van der Waals surface area (Å²) in [5.74, 6) is 5.99. The number of nitrogens with zero attached hydrogens (tertiary/aromatic N) is 6. The highest BCUT2D eigenvalue weighted by Crippen LogP contribution is 2.34. The van der Waals surface area contributed by atoms with E-state index in [0.717, 1.165) is 41.7 Å². The van der Waals surface area contributed by atoms with Crippen molar-refractivity contribution < 1.29 is 0 Å². The smallest absolute Gasteiger partial charge is 0.252 e. The zero-order valence-corrected chi connectivity index (χ0v) is 21.8. The van der Waals surface area contributed by atoms with Gasteiger partial charge in [0.05, 0.1) is 33.1 Å². The van der Waals surface area contributed by atoms with Gasteiger partial charge in [0.25, 0.3) is 5.56 Å². The molecule has 1 unspecified atom stereocenters. The number of pyridine rings is 1. The lowest BCUT2D eigenvalue weighted by Crippen LogP contribution is -2.58. The molecule has 0 saturated carbocycles. The SMILES string of the molecule is CC#CCn1cc2c(n1)c(N1C[C@@H](CC)N(C(C)c3ccc4ncsc4c3)C[C@@H]1C)cc(=O)n2C. The summed E-state index contributed by atoms with van der Waals surface area (Å²) >= 11 is 1.69. The standard InChI is InChI=1S/C27H32N6OS/c1-6-8-11-31-16-24-27(29-31)23(13-26(34)30(24)5)32-15-21(7-2)33(14-18(32)3)19(4)20-9-10-22-25(12-20)35-17-28-22/h9-10,12-13,16-19,21H,7,11,14-15H2,1-5H3/t18-,19?,21+/m0/s1. The average Bonchev–Trinajstić information content (AvgIpc) is 3.51. The summed E-state index contributed by atoms with van der Waals surface area (Å²) in [5.41, 5.74) is 6.93. The van der Waals surface area contributed by atoms with Crippen molar-refractivity contribution in [2.45, 2.75) is 58.8 Å². The van der Waals surface area contributed by atoms with Gasteiger partial charge in [-0.3, -0.25) is 14.4 Å². The van der Waals surface area contributed by atoms with Gasteiger partial charge in [-0.1, -0.05) is 18.9 Å². The van der Waals surface area contributed by atoms with E-state index < -0.39 is 0 Å². The van der Waals surface area contributed by atoms with Crippen LogP contribution in [0.5, 0.6) is 0 Å². The highest BCUT2D eigenvalue weighted by molar-refractivity contribution is 7.16. The van der Waals surface area contributed by atoms with Crippen molar-refractivity contribution in [3.05, 3.63) is 51.9 Å². The van der Waals surface area contributed by atoms with Crippen molar-refractivity contribution in [1.29, 1.82) is 0 Å². The predicted molar refractivity (Wildman–Crippen MR) is 144 cm³/mol. The van der Waals surface area contributed by atoms with E-state index in [1.54, 1.807) is 22.0 Å². The highest BCUT2D eigenvalue weighted by atomic mass is 32.1. The average molecular weight is 489 g/mol. The van der Waals surface area contributed by atoms with Crippen LogP contribution in [0.4, 0.5) is 5.69 Å². The van der Waals surface area contributed by atoms with E-state index in [2.05, 4.69) is 65.6 Å². The van der Waals surface area contributed by atoms with Gasteiger partial charge >= 0.3 is 0 Å². The van der Waals surface area contributed by atoms with Crippen LogP contribution in [0.25, 0.3) is 21.3 Å². The molecule has 182 valence electrons. The van der Waals surface area contributed by atoms with Crippen LogP contribution in [0.2, 0.25) is 0 Å². The summed E-state index contributed by atoms with van der Waals surface area (Å²) in [4.78, 5) is 22.3. The number of aromatic nitrogens is 4. The Balaban J connectivity index is 1.48. The molecule has 8 heteroatoms. The molecule has 0 bridgehead atoms. The number of fused-ring (bicyclic) bond motifs is 2. The molecular formula is C27H32N6OS. The molecule has 0 radical (unpaired) electrons. The number of rotatable bonds is 5. The van der Waals surface area contributed by atoms with E-state index in [1.165, 1.54) is 10.3 Å². The number of piperazine rings is 1. The van der Waals surface area contributed by atoms with E-state index in [-0.39, 0.29) is 11.6 Å².